The summed E-state index contributed by atoms with van der Waals surface area (Å²) >= 11 is 1.57. The lowest BCUT2D eigenvalue weighted by atomic mass is 9.86. The van der Waals surface area contributed by atoms with Gasteiger partial charge < -0.3 is 5.32 Å². The van der Waals surface area contributed by atoms with Crippen LogP contribution in [-0.4, -0.2) is 28.9 Å². The lowest BCUT2D eigenvalue weighted by molar-refractivity contribution is 0.0949. The van der Waals surface area contributed by atoms with E-state index in [1.165, 1.54) is 27.8 Å². The van der Waals surface area contributed by atoms with Crippen molar-refractivity contribution in [3.8, 4) is 0 Å². The second kappa shape index (κ2) is 15.1. The molecule has 5 aromatic rings. The highest BCUT2D eigenvalue weighted by atomic mass is 32.1. The Morgan fingerprint density at radius 1 is 0.773 bits per heavy atom. The first-order valence-electron chi connectivity index (χ1n) is 15.5. The maximum atomic E-state index is 12.9. The van der Waals surface area contributed by atoms with Crippen molar-refractivity contribution in [2.24, 2.45) is 0 Å². The minimum absolute atomic E-state index is 0.110. The van der Waals surface area contributed by atoms with Gasteiger partial charge in [-0.25, -0.2) is 4.98 Å². The zero-order chi connectivity index (χ0) is 30.8. The zero-order valence-electron chi connectivity index (χ0n) is 26.1. The van der Waals surface area contributed by atoms with E-state index in [-0.39, 0.29) is 11.3 Å². The van der Waals surface area contributed by atoms with Crippen molar-refractivity contribution in [1.29, 1.82) is 0 Å². The molecule has 0 aliphatic rings. The van der Waals surface area contributed by atoms with Crippen LogP contribution in [0.2, 0.25) is 0 Å². The maximum Gasteiger partial charge on any atom is 0.270 e. The Hall–Kier alpha value is -4.06. The fourth-order valence-electron chi connectivity index (χ4n) is 5.53. The zero-order valence-corrected chi connectivity index (χ0v) is 26.9. The molecule has 226 valence electrons. The third kappa shape index (κ3) is 8.98. The van der Waals surface area contributed by atoms with Crippen molar-refractivity contribution < 1.29 is 4.79 Å². The molecule has 0 bridgehead atoms. The van der Waals surface area contributed by atoms with Crippen LogP contribution in [0.3, 0.4) is 0 Å². The molecule has 0 radical (unpaired) electrons. The summed E-state index contributed by atoms with van der Waals surface area (Å²) in [7, 11) is 0. The lowest BCUT2D eigenvalue weighted by Crippen LogP contribution is -2.27. The molecule has 1 N–H and O–H groups in total. The Morgan fingerprint density at radius 3 is 1.95 bits per heavy atom. The largest absolute Gasteiger partial charge is 0.350 e. The highest BCUT2D eigenvalue weighted by molar-refractivity contribution is 7.09. The Kier molecular flexibility index (Phi) is 10.8. The average Bonchev–Trinajstić information content (AvgIpc) is 3.51. The summed E-state index contributed by atoms with van der Waals surface area (Å²) < 4.78 is 0. The first kappa shape index (κ1) is 31.4. The van der Waals surface area contributed by atoms with Gasteiger partial charge in [0.05, 0.1) is 6.54 Å². The van der Waals surface area contributed by atoms with E-state index in [9.17, 15) is 4.79 Å². The number of hydrogen-bond acceptors (Lipinski definition) is 4. The molecule has 5 heteroatoms. The topological polar surface area (TPSA) is 45.2 Å². The van der Waals surface area contributed by atoms with E-state index in [2.05, 4.69) is 128 Å². The molecule has 0 aliphatic carbocycles. The molecule has 0 fully saturated rings. The SMILES string of the molecule is CC(C)(C)c1ccc(CN(CCC(c2ccccc2)c2ccccc2)Cc2nc(C(=O)NCCc3ccccc3)cs2)cc1. The molecule has 0 saturated carbocycles. The van der Waals surface area contributed by atoms with Crippen molar-refractivity contribution in [3.63, 3.8) is 0 Å². The van der Waals surface area contributed by atoms with Gasteiger partial charge >= 0.3 is 0 Å². The van der Waals surface area contributed by atoms with Crippen molar-refractivity contribution in [2.75, 3.05) is 13.1 Å². The Bertz CT molecular complexity index is 1540. The van der Waals surface area contributed by atoms with E-state index in [0.717, 1.165) is 30.9 Å². The number of hydrogen-bond donors (Lipinski definition) is 1. The monoisotopic (exact) mass is 601 g/mol. The number of rotatable bonds is 13. The first-order chi connectivity index (χ1) is 21.3. The van der Waals surface area contributed by atoms with Crippen molar-refractivity contribution in [3.05, 3.63) is 159 Å². The molecule has 5 rings (SSSR count). The quantitative estimate of drug-likeness (QED) is 0.147. The molecule has 0 unspecified atom stereocenters. The summed E-state index contributed by atoms with van der Waals surface area (Å²) in [6, 6.07) is 40.8. The van der Waals surface area contributed by atoms with Crippen LogP contribution < -0.4 is 5.32 Å². The third-order valence-electron chi connectivity index (χ3n) is 8.05. The summed E-state index contributed by atoms with van der Waals surface area (Å²) in [5.41, 5.74) is 7.11. The number of thiazole rings is 1. The highest BCUT2D eigenvalue weighted by Gasteiger charge is 2.19. The maximum absolute atomic E-state index is 12.9. The van der Waals surface area contributed by atoms with E-state index in [0.29, 0.717) is 24.7 Å². The smallest absolute Gasteiger partial charge is 0.270 e. The molecule has 44 heavy (non-hydrogen) atoms. The summed E-state index contributed by atoms with van der Waals surface area (Å²) in [6.07, 6.45) is 1.78. The highest BCUT2D eigenvalue weighted by Crippen LogP contribution is 2.29. The van der Waals surface area contributed by atoms with E-state index < -0.39 is 0 Å². The summed E-state index contributed by atoms with van der Waals surface area (Å²) in [6.45, 7) is 9.75. The summed E-state index contributed by atoms with van der Waals surface area (Å²) in [5, 5.41) is 5.89. The standard InChI is InChI=1S/C39H43N3OS/c1-39(2,3)34-21-19-31(20-22-34)27-42(26-24-35(32-15-9-5-10-16-32)33-17-11-6-12-18-33)28-37-41-36(29-44-37)38(43)40-25-23-30-13-7-4-8-14-30/h4-22,29,35H,23-28H2,1-3H3,(H,40,43). The molecule has 1 aromatic heterocycles. The molecular weight excluding hydrogens is 559 g/mol. The van der Waals surface area contributed by atoms with Crippen molar-refractivity contribution >= 4 is 17.2 Å². The molecule has 4 aromatic carbocycles. The van der Waals surface area contributed by atoms with Crippen LogP contribution in [0, 0.1) is 0 Å². The van der Waals surface area contributed by atoms with Gasteiger partial charge in [0, 0.05) is 24.4 Å². The lowest BCUT2D eigenvalue weighted by Gasteiger charge is -2.26. The van der Waals surface area contributed by atoms with Gasteiger partial charge in [0.2, 0.25) is 0 Å². The van der Waals surface area contributed by atoms with Gasteiger partial charge in [0.15, 0.2) is 0 Å². The van der Waals surface area contributed by atoms with Crippen LogP contribution in [-0.2, 0) is 24.9 Å². The van der Waals surface area contributed by atoms with Gasteiger partial charge in [0.25, 0.3) is 5.91 Å². The predicted molar refractivity (Wildman–Crippen MR) is 183 cm³/mol. The van der Waals surface area contributed by atoms with Crippen LogP contribution >= 0.6 is 11.3 Å². The minimum atomic E-state index is -0.110. The van der Waals surface area contributed by atoms with Crippen molar-refractivity contribution in [2.45, 2.75) is 58.0 Å². The van der Waals surface area contributed by atoms with Gasteiger partial charge in [0.1, 0.15) is 10.7 Å². The average molecular weight is 602 g/mol. The number of nitrogens with one attached hydrogen (secondary N) is 1. The Labute approximate surface area is 266 Å². The molecule has 1 amide bonds. The van der Waals surface area contributed by atoms with Crippen LogP contribution in [0.25, 0.3) is 0 Å². The minimum Gasteiger partial charge on any atom is -0.350 e. The van der Waals surface area contributed by atoms with Gasteiger partial charge in [-0.3, -0.25) is 9.69 Å². The number of aromatic nitrogens is 1. The fourth-order valence-corrected chi connectivity index (χ4v) is 6.34. The molecule has 0 atom stereocenters. The number of amides is 1. The normalized spacial score (nSPS) is 11.7. The number of carbonyl (C=O) groups is 1. The molecular formula is C39H43N3OS. The molecule has 4 nitrogen and oxygen atoms in total. The summed E-state index contributed by atoms with van der Waals surface area (Å²) in [4.78, 5) is 20.1. The Morgan fingerprint density at radius 2 is 1.36 bits per heavy atom. The molecule has 0 saturated heterocycles. The van der Waals surface area contributed by atoms with Crippen LogP contribution in [0.1, 0.15) is 76.4 Å². The van der Waals surface area contributed by atoms with Gasteiger partial charge in [-0.15, -0.1) is 11.3 Å². The molecule has 0 spiro atoms. The van der Waals surface area contributed by atoms with Crippen LogP contribution in [0.4, 0.5) is 0 Å². The van der Waals surface area contributed by atoms with E-state index >= 15 is 0 Å². The number of carbonyl (C=O) groups excluding carboxylic acids is 1. The van der Waals surface area contributed by atoms with Crippen LogP contribution in [0.5, 0.6) is 0 Å². The Balaban J connectivity index is 1.30. The predicted octanol–water partition coefficient (Wildman–Crippen LogP) is 8.64. The van der Waals surface area contributed by atoms with Gasteiger partial charge in [-0.05, 0) is 52.6 Å². The second-order valence-corrected chi connectivity index (χ2v) is 13.4. The van der Waals surface area contributed by atoms with Crippen molar-refractivity contribution in [1.82, 2.24) is 15.2 Å². The summed E-state index contributed by atoms with van der Waals surface area (Å²) in [5.74, 6) is 0.186. The first-order valence-corrected chi connectivity index (χ1v) is 16.4. The second-order valence-electron chi connectivity index (χ2n) is 12.4. The number of benzene rings is 4. The fraction of sp³-hybridized carbons (Fsp3) is 0.282. The third-order valence-corrected chi connectivity index (χ3v) is 8.88. The van der Waals surface area contributed by atoms with Gasteiger partial charge in [-0.1, -0.05) is 136 Å². The molecule has 1 heterocycles. The van der Waals surface area contributed by atoms with E-state index in [4.69, 9.17) is 4.98 Å². The van der Waals surface area contributed by atoms with E-state index in [1.807, 2.05) is 23.6 Å². The number of nitrogens with zero attached hydrogens (tertiary/aromatic N) is 2. The van der Waals surface area contributed by atoms with E-state index in [1.54, 1.807) is 11.3 Å². The van der Waals surface area contributed by atoms with Crippen LogP contribution in [0.15, 0.2) is 121 Å². The van der Waals surface area contributed by atoms with Gasteiger partial charge in [-0.2, -0.15) is 0 Å². The molecule has 0 aliphatic heterocycles.